The number of aromatic nitrogens is 2. The molecule has 19 aromatic carbocycles. The smallest absolute Gasteiger partial charge is 0.252 e. The topological polar surface area (TPSA) is 53.8 Å². The lowest BCUT2D eigenvalue weighted by Gasteiger charge is -2.47. The number of anilines is 15. The van der Waals surface area contributed by atoms with Gasteiger partial charge in [-0.2, -0.15) is 0 Å². The fraction of sp³-hybridized carbons (Fsp3) is 0.0656. The molecule has 2 aromatic heterocycles. The van der Waals surface area contributed by atoms with E-state index in [2.05, 4.69) is 284 Å². The summed E-state index contributed by atoms with van der Waals surface area (Å²) in [6.45, 7) is 12.2. The normalized spacial score (nSPS) is 13.9. The third-order valence-corrected chi connectivity index (χ3v) is 27.1. The highest BCUT2D eigenvalue weighted by atomic mass is 16.5. The zero-order valence-electron chi connectivity index (χ0n) is 79.9. The molecule has 0 saturated heterocycles. The van der Waals surface area contributed by atoms with Crippen molar-refractivity contribution in [2.24, 2.45) is 0 Å². The van der Waals surface area contributed by atoms with Crippen molar-refractivity contribution in [3.63, 3.8) is 0 Å². The standard InChI is InChI=1S/C122H88BN7O3/c1-121(2,3)81-67-90(77-35-11-7-12-36-77)119(91(68-81)78-37-13-8-14-38-78)129-108-73-85(124-98-45-21-19-43-88(98)94-71-83(61-65-100(94)124)126-102-47-23-29-53-112(102)131-113-54-30-24-48-103(113)126)59-63-96(108)123-97-64-60-86(125-99-46-22-20-44-89(99)95-72-84(62-66-101(95)125)127-104-49-25-31-55-114(104)132-115-56-32-26-50-105(115)127)74-109(97)130(120-92(79-39-15-9-16-40-79)69-82(122(4,5)6)70-93(120)80-41-17-10-18-42-80)111-76-87(75-110(129)118(111)123)128-106-51-27-33-57-116(106)133-117-58-34-28-52-107(117)128/h7-76H,1-6H3/i59D,60D,63D,64D,73D,74D. The van der Waals surface area contributed by atoms with E-state index in [1.165, 1.54) is 0 Å². The summed E-state index contributed by atoms with van der Waals surface area (Å²) >= 11 is 0. The first-order valence-corrected chi connectivity index (χ1v) is 45.5. The number of benzene rings is 19. The third kappa shape index (κ3) is 12.3. The molecule has 133 heavy (non-hydrogen) atoms. The van der Waals surface area contributed by atoms with Crippen molar-refractivity contribution in [2.75, 3.05) is 24.5 Å². The number of hydrogen-bond acceptors (Lipinski definition) is 8. The molecule has 0 aliphatic carbocycles. The van der Waals surface area contributed by atoms with E-state index in [4.69, 9.17) is 14.2 Å². The van der Waals surface area contributed by atoms with Crippen molar-refractivity contribution in [1.29, 1.82) is 0 Å². The van der Waals surface area contributed by atoms with Crippen LogP contribution in [0.5, 0.6) is 34.5 Å². The summed E-state index contributed by atoms with van der Waals surface area (Å²) in [7, 11) is 0. The second-order valence-corrected chi connectivity index (χ2v) is 37.0. The number of hydrogen-bond donors (Lipinski definition) is 0. The predicted molar refractivity (Wildman–Crippen MR) is 553 cm³/mol. The fourth-order valence-electron chi connectivity index (χ4n) is 20.9. The van der Waals surface area contributed by atoms with Crippen LogP contribution in [0.15, 0.2) is 425 Å². The molecule has 0 spiro atoms. The van der Waals surface area contributed by atoms with Crippen LogP contribution in [-0.2, 0) is 10.8 Å². The Hall–Kier alpha value is -16.8. The summed E-state index contributed by atoms with van der Waals surface area (Å²) in [4.78, 5) is 11.2. The lowest BCUT2D eigenvalue weighted by atomic mass is 9.33. The number of nitrogens with zero attached hydrogens (tertiary/aromatic N) is 7. The maximum atomic E-state index is 12.3. The van der Waals surface area contributed by atoms with Gasteiger partial charge in [0.05, 0.1) is 81.5 Å². The summed E-state index contributed by atoms with van der Waals surface area (Å²) in [6.07, 6.45) is 0. The lowest BCUT2D eigenvalue weighted by Crippen LogP contribution is -2.61. The van der Waals surface area contributed by atoms with Crippen molar-refractivity contribution in [3.8, 4) is 90.4 Å². The Balaban J connectivity index is 0.849. The van der Waals surface area contributed by atoms with E-state index < -0.39 is 17.5 Å². The van der Waals surface area contributed by atoms with Gasteiger partial charge in [0.25, 0.3) is 6.71 Å². The van der Waals surface area contributed by atoms with Gasteiger partial charge in [0, 0.05) is 89.3 Å². The van der Waals surface area contributed by atoms with Gasteiger partial charge in [-0.25, -0.2) is 0 Å². The Bertz CT molecular complexity index is 8070. The molecule has 21 aromatic rings. The van der Waals surface area contributed by atoms with Gasteiger partial charge >= 0.3 is 0 Å². The second kappa shape index (κ2) is 29.9. The van der Waals surface area contributed by atoms with E-state index in [0.717, 1.165) is 123 Å². The van der Waals surface area contributed by atoms with Gasteiger partial charge in [-0.05, 0) is 242 Å². The first-order chi connectivity index (χ1) is 67.8. The molecule has 10 nitrogen and oxygen atoms in total. The molecule has 0 N–H and O–H groups in total. The average Bonchev–Trinajstić information content (AvgIpc) is 1.26. The third-order valence-electron chi connectivity index (χ3n) is 27.1. The van der Waals surface area contributed by atoms with Crippen molar-refractivity contribution >= 4 is 152 Å². The van der Waals surface area contributed by atoms with Crippen LogP contribution in [-0.4, -0.2) is 15.8 Å². The van der Waals surface area contributed by atoms with E-state index in [9.17, 15) is 8.22 Å². The Morgan fingerprint density at radius 1 is 0.233 bits per heavy atom. The Morgan fingerprint density at radius 3 is 0.827 bits per heavy atom. The van der Waals surface area contributed by atoms with E-state index in [0.29, 0.717) is 90.5 Å². The molecule has 11 heteroatoms. The quantitative estimate of drug-likeness (QED) is 0.119. The van der Waals surface area contributed by atoms with Crippen LogP contribution in [0.1, 0.15) is 60.9 Å². The van der Waals surface area contributed by atoms with Crippen molar-refractivity contribution < 1.29 is 22.4 Å². The molecule has 5 aliphatic rings. The van der Waals surface area contributed by atoms with Gasteiger partial charge < -0.3 is 47.8 Å². The zero-order chi connectivity index (χ0) is 93.9. The van der Waals surface area contributed by atoms with Gasteiger partial charge in [0.15, 0.2) is 34.5 Å². The molecule has 5 aliphatic heterocycles. The van der Waals surface area contributed by atoms with Gasteiger partial charge in [0.2, 0.25) is 0 Å². The van der Waals surface area contributed by atoms with Gasteiger partial charge in [-0.15, -0.1) is 0 Å². The molecule has 0 amide bonds. The number of fused-ring (bicyclic) bond motifs is 16. The number of rotatable bonds is 11. The summed E-state index contributed by atoms with van der Waals surface area (Å²) < 4.78 is 96.0. The first kappa shape index (κ1) is 71.2. The van der Waals surface area contributed by atoms with E-state index >= 15 is 0 Å². The van der Waals surface area contributed by atoms with Crippen LogP contribution in [0.2, 0.25) is 0 Å². The molecule has 632 valence electrons. The molecular formula is C122H88BN7O3. The van der Waals surface area contributed by atoms with E-state index in [-0.39, 0.29) is 69.9 Å². The zero-order valence-corrected chi connectivity index (χ0v) is 73.9. The Labute approximate surface area is 781 Å². The maximum absolute atomic E-state index is 12.3. The van der Waals surface area contributed by atoms with Crippen LogP contribution in [0.3, 0.4) is 0 Å². The minimum Gasteiger partial charge on any atom is -0.453 e. The molecule has 0 unspecified atom stereocenters. The minimum atomic E-state index is -1.30. The highest BCUT2D eigenvalue weighted by Crippen LogP contribution is 2.61. The molecule has 0 saturated carbocycles. The van der Waals surface area contributed by atoms with Crippen LogP contribution in [0.4, 0.5) is 85.3 Å². The summed E-state index contributed by atoms with van der Waals surface area (Å²) in [5.74, 6) is 4.03. The summed E-state index contributed by atoms with van der Waals surface area (Å²) in [5, 5.41) is 3.40. The van der Waals surface area contributed by atoms with Crippen LogP contribution < -0.4 is 55.1 Å². The van der Waals surface area contributed by atoms with Gasteiger partial charge in [-0.1, -0.05) is 284 Å². The molecular weight excluding hydrogens is 1620 g/mol. The van der Waals surface area contributed by atoms with Gasteiger partial charge in [0.1, 0.15) is 0 Å². The van der Waals surface area contributed by atoms with Crippen molar-refractivity contribution in [2.45, 2.75) is 52.4 Å². The van der Waals surface area contributed by atoms with Crippen LogP contribution >= 0.6 is 0 Å². The molecule has 0 fully saturated rings. The molecule has 7 heterocycles. The SMILES string of the molecule is [2H]c1c([2H])c(-n2c3ccccc3c3cc(N4c5ccccc5Oc5ccccc54)ccc32)c([2H])c2c1B1c3c(cc(N4c5ccccc5Oc5ccccc54)cc3N(c3c(-c4ccccc4)cc(C(C)(C)C)cc3-c3ccccc3)c3c([2H])c(-n4c5ccccc5c5cc(N6c7ccccc7Oc7ccccc76)ccc54)c([2H])c([2H])c31)N2c1c(-c2ccccc2)cc(C(C)(C)C)cc1-c1ccccc1. The summed E-state index contributed by atoms with van der Waals surface area (Å²) in [5.41, 5.74) is 22.6. The van der Waals surface area contributed by atoms with Crippen molar-refractivity contribution in [1.82, 2.24) is 9.13 Å². The Morgan fingerprint density at radius 2 is 0.511 bits per heavy atom. The van der Waals surface area contributed by atoms with Gasteiger partial charge in [-0.3, -0.25) is 0 Å². The fourth-order valence-corrected chi connectivity index (χ4v) is 20.9. The predicted octanol–water partition coefficient (Wildman–Crippen LogP) is 32.0. The second-order valence-electron chi connectivity index (χ2n) is 37.0. The maximum Gasteiger partial charge on any atom is 0.252 e. The molecule has 0 atom stereocenters. The molecule has 0 bridgehead atoms. The average molecular weight is 1720 g/mol. The van der Waals surface area contributed by atoms with E-state index in [1.807, 2.05) is 179 Å². The number of para-hydroxylation sites is 14. The van der Waals surface area contributed by atoms with Crippen LogP contribution in [0, 0.1) is 0 Å². The van der Waals surface area contributed by atoms with Crippen LogP contribution in [0.25, 0.3) is 99.5 Å². The highest BCUT2D eigenvalue weighted by Gasteiger charge is 2.48. The highest BCUT2D eigenvalue weighted by molar-refractivity contribution is 7.00. The molecule has 26 rings (SSSR count). The monoisotopic (exact) mass is 1720 g/mol. The Kier molecular flexibility index (Phi) is 16.0. The molecule has 0 radical (unpaired) electrons. The van der Waals surface area contributed by atoms with E-state index in [1.54, 1.807) is 0 Å². The lowest BCUT2D eigenvalue weighted by molar-refractivity contribution is 0.477. The van der Waals surface area contributed by atoms with Crippen molar-refractivity contribution in [3.05, 3.63) is 436 Å². The minimum absolute atomic E-state index is 0.0788. The number of ether oxygens (including phenoxy) is 3. The largest absolute Gasteiger partial charge is 0.453 e. The first-order valence-electron chi connectivity index (χ1n) is 48.5. The summed E-state index contributed by atoms with van der Waals surface area (Å²) in [6, 6.07) is 132.